The Balaban J connectivity index is 1.20. The van der Waals surface area contributed by atoms with Gasteiger partial charge in [-0.15, -0.1) is 0 Å². The Bertz CT molecular complexity index is 2160. The molecular formula is C41H31NO. The van der Waals surface area contributed by atoms with Crippen LogP contribution in [-0.2, 0) is 13.1 Å². The number of nitrogens with one attached hydrogen (secondary N) is 1. The van der Waals surface area contributed by atoms with E-state index in [0.717, 1.165) is 47.2 Å². The molecule has 1 aliphatic rings. The molecule has 1 N–H and O–H groups in total. The minimum atomic E-state index is 0.797. The second-order valence-corrected chi connectivity index (χ2v) is 11.3. The third-order valence-corrected chi connectivity index (χ3v) is 8.55. The molecule has 0 spiro atoms. The van der Waals surface area contributed by atoms with E-state index in [0.29, 0.717) is 0 Å². The summed E-state index contributed by atoms with van der Waals surface area (Å²) in [5, 5.41) is 9.71. The highest BCUT2D eigenvalue weighted by atomic mass is 16.3. The lowest BCUT2D eigenvalue weighted by molar-refractivity contribution is 0.606. The van der Waals surface area contributed by atoms with E-state index in [4.69, 9.17) is 4.42 Å². The molecule has 7 aromatic rings. The quantitative estimate of drug-likeness (QED) is 0.222. The SMILES string of the molecule is C1=Cc2oc3c(cc(-c4ccc(-c5cc6ccccc6cc5CNCc5ccccc5)cc4)c4ccccc43)c2C=CC1. The van der Waals surface area contributed by atoms with Gasteiger partial charge in [0, 0.05) is 29.4 Å². The maximum absolute atomic E-state index is 6.42. The van der Waals surface area contributed by atoms with E-state index in [2.05, 4.69) is 151 Å². The van der Waals surface area contributed by atoms with Gasteiger partial charge in [0.05, 0.1) is 0 Å². The van der Waals surface area contributed by atoms with Crippen molar-refractivity contribution < 1.29 is 4.42 Å². The first-order valence-corrected chi connectivity index (χ1v) is 15.0. The normalized spacial score (nSPS) is 12.7. The number of fused-ring (bicyclic) bond motifs is 6. The van der Waals surface area contributed by atoms with E-state index in [1.165, 1.54) is 49.5 Å². The second-order valence-electron chi connectivity index (χ2n) is 11.3. The summed E-state index contributed by atoms with van der Waals surface area (Å²) < 4.78 is 6.42. The van der Waals surface area contributed by atoms with E-state index in [1.807, 2.05) is 0 Å². The van der Waals surface area contributed by atoms with Gasteiger partial charge in [-0.1, -0.05) is 121 Å². The van der Waals surface area contributed by atoms with Crippen LogP contribution in [-0.4, -0.2) is 0 Å². The van der Waals surface area contributed by atoms with Gasteiger partial charge in [0.1, 0.15) is 11.3 Å². The maximum atomic E-state index is 6.42. The van der Waals surface area contributed by atoms with Crippen molar-refractivity contribution in [3.63, 3.8) is 0 Å². The van der Waals surface area contributed by atoms with Crippen molar-refractivity contribution in [3.05, 3.63) is 156 Å². The average Bonchev–Trinajstić information content (AvgIpc) is 3.24. The summed E-state index contributed by atoms with van der Waals surface area (Å²) in [6.45, 7) is 1.63. The van der Waals surface area contributed by atoms with Crippen LogP contribution in [0.2, 0.25) is 0 Å². The fourth-order valence-electron chi connectivity index (χ4n) is 6.40. The van der Waals surface area contributed by atoms with Gasteiger partial charge in [-0.25, -0.2) is 0 Å². The van der Waals surface area contributed by atoms with Gasteiger partial charge < -0.3 is 9.73 Å². The van der Waals surface area contributed by atoms with Crippen LogP contribution in [0.25, 0.3) is 66.9 Å². The Morgan fingerprint density at radius 3 is 2.05 bits per heavy atom. The first-order chi connectivity index (χ1) is 21.3. The predicted octanol–water partition coefficient (Wildman–Crippen LogP) is 10.8. The molecule has 2 heteroatoms. The lowest BCUT2D eigenvalue weighted by Gasteiger charge is -2.14. The molecule has 6 aromatic carbocycles. The van der Waals surface area contributed by atoms with Gasteiger partial charge in [-0.2, -0.15) is 0 Å². The van der Waals surface area contributed by atoms with Crippen LogP contribution in [0.4, 0.5) is 0 Å². The third-order valence-electron chi connectivity index (χ3n) is 8.55. The highest BCUT2D eigenvalue weighted by molar-refractivity contribution is 6.14. The highest BCUT2D eigenvalue weighted by Crippen LogP contribution is 2.40. The van der Waals surface area contributed by atoms with E-state index in [-0.39, 0.29) is 0 Å². The van der Waals surface area contributed by atoms with Crippen molar-refractivity contribution in [1.29, 1.82) is 0 Å². The third kappa shape index (κ3) is 4.76. The summed E-state index contributed by atoms with van der Waals surface area (Å²) >= 11 is 0. The van der Waals surface area contributed by atoms with Crippen molar-refractivity contribution in [2.45, 2.75) is 19.5 Å². The van der Waals surface area contributed by atoms with Crippen LogP contribution in [0.3, 0.4) is 0 Å². The number of benzene rings is 6. The molecule has 0 atom stereocenters. The summed E-state index contributed by atoms with van der Waals surface area (Å²) in [7, 11) is 0. The predicted molar refractivity (Wildman–Crippen MR) is 182 cm³/mol. The zero-order valence-electron chi connectivity index (χ0n) is 23.9. The highest BCUT2D eigenvalue weighted by Gasteiger charge is 2.17. The number of hydrogen-bond donors (Lipinski definition) is 1. The summed E-state index contributed by atoms with van der Waals surface area (Å²) in [5.74, 6) is 0.936. The number of allylic oxidation sites excluding steroid dienone is 2. The first kappa shape index (κ1) is 25.5. The summed E-state index contributed by atoms with van der Waals surface area (Å²) in [6, 6.07) is 43.9. The average molecular weight is 554 g/mol. The molecule has 2 nitrogen and oxygen atoms in total. The number of furan rings is 1. The number of hydrogen-bond acceptors (Lipinski definition) is 2. The molecule has 0 fully saturated rings. The first-order valence-electron chi connectivity index (χ1n) is 15.0. The van der Waals surface area contributed by atoms with E-state index >= 15 is 0 Å². The standard InChI is InChI=1S/C41H31NO/c1-3-11-28(12-4-1)26-42-27-33-23-31-13-7-8-14-32(31)24-37(33)29-19-21-30(22-20-29)38-25-39-35-16-5-2-6-18-40(35)43-41(39)36-17-10-9-15-34(36)38/h1,3-25,42H,2,26-27H2. The van der Waals surface area contributed by atoms with Crippen LogP contribution in [0.5, 0.6) is 0 Å². The maximum Gasteiger partial charge on any atom is 0.143 e. The van der Waals surface area contributed by atoms with E-state index < -0.39 is 0 Å². The monoisotopic (exact) mass is 553 g/mol. The zero-order chi connectivity index (χ0) is 28.6. The van der Waals surface area contributed by atoms with E-state index in [9.17, 15) is 0 Å². The van der Waals surface area contributed by atoms with Crippen molar-refractivity contribution in [3.8, 4) is 22.3 Å². The van der Waals surface area contributed by atoms with Gasteiger partial charge in [0.15, 0.2) is 0 Å². The fourth-order valence-corrected chi connectivity index (χ4v) is 6.40. The van der Waals surface area contributed by atoms with Gasteiger partial charge in [0.2, 0.25) is 0 Å². The van der Waals surface area contributed by atoms with E-state index in [1.54, 1.807) is 0 Å². The summed E-state index contributed by atoms with van der Waals surface area (Å²) in [6.07, 6.45) is 9.60. The molecule has 1 aromatic heterocycles. The molecule has 1 aliphatic carbocycles. The fraction of sp³-hybridized carbons (Fsp3) is 0.0732. The molecule has 0 unspecified atom stereocenters. The van der Waals surface area contributed by atoms with Crippen molar-refractivity contribution in [2.75, 3.05) is 0 Å². The van der Waals surface area contributed by atoms with Crippen LogP contribution < -0.4 is 5.32 Å². The number of rotatable bonds is 6. The molecular weight excluding hydrogens is 522 g/mol. The Kier molecular flexibility index (Phi) is 6.47. The van der Waals surface area contributed by atoms with Gasteiger partial charge >= 0.3 is 0 Å². The molecule has 0 aliphatic heterocycles. The second kappa shape index (κ2) is 10.9. The van der Waals surface area contributed by atoms with Gasteiger partial charge in [0.25, 0.3) is 0 Å². The zero-order valence-corrected chi connectivity index (χ0v) is 23.9. The Labute approximate surface area is 251 Å². The molecule has 43 heavy (non-hydrogen) atoms. The smallest absolute Gasteiger partial charge is 0.143 e. The molecule has 0 bridgehead atoms. The van der Waals surface area contributed by atoms with Crippen LogP contribution >= 0.6 is 0 Å². The van der Waals surface area contributed by atoms with Gasteiger partial charge in [-0.3, -0.25) is 0 Å². The molecule has 0 radical (unpaired) electrons. The van der Waals surface area contributed by atoms with Crippen molar-refractivity contribution >= 4 is 44.7 Å². The largest absolute Gasteiger partial charge is 0.455 e. The Morgan fingerprint density at radius 1 is 0.558 bits per heavy atom. The van der Waals surface area contributed by atoms with Crippen molar-refractivity contribution in [2.24, 2.45) is 0 Å². The Hall–Kier alpha value is -5.18. The van der Waals surface area contributed by atoms with Crippen molar-refractivity contribution in [1.82, 2.24) is 5.32 Å². The van der Waals surface area contributed by atoms with Gasteiger partial charge in [-0.05, 0) is 80.2 Å². The van der Waals surface area contributed by atoms with Crippen LogP contribution in [0.1, 0.15) is 28.9 Å². The minimum Gasteiger partial charge on any atom is -0.455 e. The summed E-state index contributed by atoms with van der Waals surface area (Å²) in [5.41, 5.74) is 9.63. The molecule has 0 saturated heterocycles. The lowest BCUT2D eigenvalue weighted by Crippen LogP contribution is -2.13. The van der Waals surface area contributed by atoms with Crippen LogP contribution in [0, 0.1) is 0 Å². The molecule has 8 rings (SSSR count). The van der Waals surface area contributed by atoms with Crippen LogP contribution in [0.15, 0.2) is 138 Å². The minimum absolute atomic E-state index is 0.797. The summed E-state index contributed by atoms with van der Waals surface area (Å²) in [4.78, 5) is 0. The molecule has 0 saturated carbocycles. The molecule has 0 amide bonds. The molecule has 206 valence electrons. The topological polar surface area (TPSA) is 25.2 Å². The molecule has 1 heterocycles. The lowest BCUT2D eigenvalue weighted by atomic mass is 9.92. The Morgan fingerprint density at radius 2 is 1.23 bits per heavy atom.